The molecule has 1 fully saturated rings. The van der Waals surface area contributed by atoms with E-state index in [1.807, 2.05) is 24.0 Å². The molecular formula is C25H23F3N6O2. The predicted octanol–water partition coefficient (Wildman–Crippen LogP) is 3.32. The number of fused-ring (bicyclic) bond motifs is 1. The number of carbonyl (C=O) groups is 1. The second-order valence-corrected chi connectivity index (χ2v) is 8.58. The van der Waals surface area contributed by atoms with Gasteiger partial charge in [-0.05, 0) is 36.8 Å². The largest absolute Gasteiger partial charge is 0.374 e. The molecule has 4 heterocycles. The first-order chi connectivity index (χ1) is 17.3. The number of rotatable bonds is 5. The van der Waals surface area contributed by atoms with E-state index in [2.05, 4.69) is 20.3 Å². The van der Waals surface area contributed by atoms with Crippen LogP contribution in [0.15, 0.2) is 42.9 Å². The van der Waals surface area contributed by atoms with Crippen LogP contribution in [0.3, 0.4) is 0 Å². The van der Waals surface area contributed by atoms with Crippen LogP contribution in [0.4, 0.5) is 19.1 Å². The number of hydrogen-bond donors (Lipinski definition) is 1. The summed E-state index contributed by atoms with van der Waals surface area (Å²) in [6.45, 7) is 3.19. The molecule has 0 saturated carbocycles. The summed E-state index contributed by atoms with van der Waals surface area (Å²) >= 11 is 0. The Kier molecular flexibility index (Phi) is 6.31. The lowest BCUT2D eigenvalue weighted by Crippen LogP contribution is -2.44. The van der Waals surface area contributed by atoms with Gasteiger partial charge in [0.05, 0.1) is 42.1 Å². The third-order valence-corrected chi connectivity index (χ3v) is 6.10. The van der Waals surface area contributed by atoms with Gasteiger partial charge in [-0.1, -0.05) is 0 Å². The summed E-state index contributed by atoms with van der Waals surface area (Å²) in [7, 11) is 1.39. The molecule has 1 atom stereocenters. The fourth-order valence-electron chi connectivity index (χ4n) is 4.38. The van der Waals surface area contributed by atoms with E-state index < -0.39 is 23.4 Å². The van der Waals surface area contributed by atoms with Gasteiger partial charge in [0.1, 0.15) is 17.3 Å². The highest BCUT2D eigenvalue weighted by Gasteiger charge is 2.28. The fourth-order valence-corrected chi connectivity index (χ4v) is 4.38. The number of aromatic nitrogens is 4. The maximum atomic E-state index is 15.2. The van der Waals surface area contributed by atoms with E-state index >= 15 is 8.78 Å². The van der Waals surface area contributed by atoms with Crippen molar-refractivity contribution in [3.63, 3.8) is 0 Å². The quantitative estimate of drug-likeness (QED) is 0.457. The minimum Gasteiger partial charge on any atom is -0.374 e. The number of nitrogens with zero attached hydrogens (tertiary/aromatic N) is 5. The monoisotopic (exact) mass is 496 g/mol. The number of hydrogen-bond acceptors (Lipinski definition) is 6. The molecule has 1 unspecified atom stereocenters. The zero-order chi connectivity index (χ0) is 25.4. The summed E-state index contributed by atoms with van der Waals surface area (Å²) in [4.78, 5) is 26.4. The van der Waals surface area contributed by atoms with Crippen LogP contribution in [-0.4, -0.2) is 58.1 Å². The van der Waals surface area contributed by atoms with Gasteiger partial charge in [0.15, 0.2) is 5.82 Å². The molecule has 1 aliphatic rings. The van der Waals surface area contributed by atoms with Crippen molar-refractivity contribution in [3.05, 3.63) is 77.1 Å². The molecule has 1 aliphatic heterocycles. The number of aryl methyl sites for hydroxylation is 1. The third kappa shape index (κ3) is 4.49. The molecule has 1 saturated heterocycles. The lowest BCUT2D eigenvalue weighted by atomic mass is 10.0. The maximum absolute atomic E-state index is 15.2. The molecule has 4 aromatic rings. The van der Waals surface area contributed by atoms with Gasteiger partial charge in [-0.15, -0.1) is 0 Å². The lowest BCUT2D eigenvalue weighted by Gasteiger charge is -2.33. The molecule has 186 valence electrons. The number of ether oxygens (including phenoxy) is 1. The summed E-state index contributed by atoms with van der Waals surface area (Å²) in [5.74, 6) is -2.52. The van der Waals surface area contributed by atoms with E-state index in [0.29, 0.717) is 37.0 Å². The Bertz CT molecular complexity index is 1420. The smallest absolute Gasteiger partial charge is 0.251 e. The zero-order valence-corrected chi connectivity index (χ0v) is 19.6. The Morgan fingerprint density at radius 2 is 1.89 bits per heavy atom. The molecule has 11 heteroatoms. The molecule has 8 nitrogen and oxygen atoms in total. The minimum atomic E-state index is -0.888. The van der Waals surface area contributed by atoms with Gasteiger partial charge in [0.25, 0.3) is 5.91 Å². The molecular weight excluding hydrogens is 473 g/mol. The van der Waals surface area contributed by atoms with E-state index in [1.54, 1.807) is 10.6 Å². The van der Waals surface area contributed by atoms with Crippen molar-refractivity contribution in [2.45, 2.75) is 19.4 Å². The van der Waals surface area contributed by atoms with Crippen molar-refractivity contribution in [3.8, 4) is 11.3 Å². The zero-order valence-electron chi connectivity index (χ0n) is 19.6. The maximum Gasteiger partial charge on any atom is 0.251 e. The molecule has 1 amide bonds. The fraction of sp³-hybridized carbons (Fsp3) is 0.280. The molecule has 0 radical (unpaired) electrons. The van der Waals surface area contributed by atoms with Gasteiger partial charge in [-0.3, -0.25) is 4.79 Å². The summed E-state index contributed by atoms with van der Waals surface area (Å²) < 4.78 is 51.4. The highest BCUT2D eigenvalue weighted by molar-refractivity contribution is 5.94. The summed E-state index contributed by atoms with van der Waals surface area (Å²) in [6.07, 6.45) is 3.92. The number of anilines is 1. The van der Waals surface area contributed by atoms with Gasteiger partial charge >= 0.3 is 0 Å². The number of imidazole rings is 1. The number of halogens is 3. The van der Waals surface area contributed by atoms with E-state index in [-0.39, 0.29) is 29.3 Å². The number of morpholine rings is 1. The Hall–Kier alpha value is -3.99. The van der Waals surface area contributed by atoms with Crippen molar-refractivity contribution in [1.29, 1.82) is 0 Å². The summed E-state index contributed by atoms with van der Waals surface area (Å²) in [5.41, 5.74) is 1.73. The third-order valence-electron chi connectivity index (χ3n) is 6.10. The average molecular weight is 496 g/mol. The van der Waals surface area contributed by atoms with Crippen molar-refractivity contribution in [1.82, 2.24) is 24.7 Å². The van der Waals surface area contributed by atoms with Gasteiger partial charge in [0.2, 0.25) is 5.95 Å². The first-order valence-corrected chi connectivity index (χ1v) is 11.4. The molecule has 1 N–H and O–H groups in total. The van der Waals surface area contributed by atoms with Gasteiger partial charge < -0.3 is 19.4 Å². The van der Waals surface area contributed by atoms with Crippen molar-refractivity contribution in [2.24, 2.45) is 0 Å². The molecule has 0 bridgehead atoms. The highest BCUT2D eigenvalue weighted by Crippen LogP contribution is 2.32. The number of nitrogens with one attached hydrogen (secondary N) is 1. The minimum absolute atomic E-state index is 0.122. The van der Waals surface area contributed by atoms with Crippen LogP contribution in [0.5, 0.6) is 0 Å². The van der Waals surface area contributed by atoms with Crippen LogP contribution in [0.2, 0.25) is 0 Å². The molecule has 0 spiro atoms. The normalized spacial score (nSPS) is 15.9. The Labute approximate surface area is 204 Å². The Morgan fingerprint density at radius 3 is 2.58 bits per heavy atom. The molecule has 5 rings (SSSR count). The summed E-state index contributed by atoms with van der Waals surface area (Å²) in [6, 6.07) is 5.70. The van der Waals surface area contributed by atoms with Crippen LogP contribution in [0.25, 0.3) is 16.9 Å². The van der Waals surface area contributed by atoms with Crippen LogP contribution < -0.4 is 10.2 Å². The lowest BCUT2D eigenvalue weighted by molar-refractivity contribution is 0.0398. The Morgan fingerprint density at radius 1 is 1.17 bits per heavy atom. The molecule has 36 heavy (non-hydrogen) atoms. The van der Waals surface area contributed by atoms with E-state index in [4.69, 9.17) is 4.74 Å². The SMILES string of the molecule is CNC(=O)c1cc(F)c(-c2nc3cc(C)ccn3c2CC2CN(c3ncc(F)cn3)CCO2)c(F)c1. The van der Waals surface area contributed by atoms with Gasteiger partial charge in [-0.25, -0.2) is 28.1 Å². The average Bonchev–Trinajstić information content (AvgIpc) is 3.20. The first-order valence-electron chi connectivity index (χ1n) is 11.4. The standard InChI is InChI=1S/C25H23F3N6O2/c1-14-3-4-34-20(10-17-13-33(5-6-36-17)25-30-11-16(26)12-31-25)23(32-21(34)7-14)22-18(27)8-15(9-19(22)28)24(35)29-2/h3-4,7-9,11-12,17H,5-6,10,13H2,1-2H3,(H,29,35). The van der Waals surface area contributed by atoms with Crippen LogP contribution >= 0.6 is 0 Å². The van der Waals surface area contributed by atoms with Gasteiger partial charge in [-0.2, -0.15) is 0 Å². The predicted molar refractivity (Wildman–Crippen MR) is 126 cm³/mol. The van der Waals surface area contributed by atoms with Crippen LogP contribution in [-0.2, 0) is 11.2 Å². The topological polar surface area (TPSA) is 84.7 Å². The molecule has 1 aromatic carbocycles. The summed E-state index contributed by atoms with van der Waals surface area (Å²) in [5, 5.41) is 2.36. The van der Waals surface area contributed by atoms with E-state index in [0.717, 1.165) is 30.1 Å². The van der Waals surface area contributed by atoms with E-state index in [9.17, 15) is 9.18 Å². The molecule has 3 aromatic heterocycles. The van der Waals surface area contributed by atoms with Crippen molar-refractivity contribution >= 4 is 17.5 Å². The Balaban J connectivity index is 1.54. The number of pyridine rings is 1. The molecule has 0 aliphatic carbocycles. The number of carbonyl (C=O) groups excluding carboxylic acids is 1. The van der Waals surface area contributed by atoms with Crippen molar-refractivity contribution < 1.29 is 22.7 Å². The van der Waals surface area contributed by atoms with Crippen LogP contribution in [0.1, 0.15) is 21.6 Å². The second-order valence-electron chi connectivity index (χ2n) is 8.58. The second kappa shape index (κ2) is 9.57. The van der Waals surface area contributed by atoms with Crippen LogP contribution in [0, 0.1) is 24.4 Å². The van der Waals surface area contributed by atoms with Crippen molar-refractivity contribution in [2.75, 3.05) is 31.6 Å². The number of benzene rings is 1. The highest BCUT2D eigenvalue weighted by atomic mass is 19.1. The van der Waals surface area contributed by atoms with E-state index in [1.165, 1.54) is 7.05 Å². The number of amides is 1. The first kappa shape index (κ1) is 23.7. The van der Waals surface area contributed by atoms with Gasteiger partial charge in [0, 0.05) is 38.3 Å².